The first kappa shape index (κ1) is 11.2. The molecule has 0 bridgehead atoms. The SMILES string of the molecule is COCCNCc1cccc2c1ccn2C. The summed E-state index contributed by atoms with van der Waals surface area (Å²) < 4.78 is 7.15. The summed E-state index contributed by atoms with van der Waals surface area (Å²) in [6.07, 6.45) is 2.10. The fourth-order valence-electron chi connectivity index (χ4n) is 1.92. The molecule has 1 aromatic heterocycles. The summed E-state index contributed by atoms with van der Waals surface area (Å²) in [4.78, 5) is 0. The first-order chi connectivity index (χ1) is 7.83. The average molecular weight is 218 g/mol. The summed E-state index contributed by atoms with van der Waals surface area (Å²) in [5.74, 6) is 0. The molecule has 0 aliphatic carbocycles. The molecule has 0 amide bonds. The third-order valence-electron chi connectivity index (χ3n) is 2.82. The van der Waals surface area contributed by atoms with Crippen molar-refractivity contribution in [3.05, 3.63) is 36.0 Å². The number of benzene rings is 1. The van der Waals surface area contributed by atoms with E-state index in [-0.39, 0.29) is 0 Å². The van der Waals surface area contributed by atoms with Crippen LogP contribution >= 0.6 is 0 Å². The van der Waals surface area contributed by atoms with Gasteiger partial charge in [-0.3, -0.25) is 0 Å². The molecule has 3 nitrogen and oxygen atoms in total. The molecule has 0 saturated carbocycles. The van der Waals surface area contributed by atoms with Crippen LogP contribution in [0.2, 0.25) is 0 Å². The summed E-state index contributed by atoms with van der Waals surface area (Å²) in [5, 5.41) is 4.70. The van der Waals surface area contributed by atoms with Gasteiger partial charge in [0, 0.05) is 44.3 Å². The van der Waals surface area contributed by atoms with Crippen LogP contribution in [0.25, 0.3) is 10.9 Å². The predicted octanol–water partition coefficient (Wildman–Crippen LogP) is 1.91. The number of hydrogen-bond acceptors (Lipinski definition) is 2. The van der Waals surface area contributed by atoms with Gasteiger partial charge in [0.1, 0.15) is 0 Å². The fourth-order valence-corrected chi connectivity index (χ4v) is 1.92. The minimum Gasteiger partial charge on any atom is -0.383 e. The zero-order valence-electron chi connectivity index (χ0n) is 9.86. The zero-order valence-corrected chi connectivity index (χ0v) is 9.86. The van der Waals surface area contributed by atoms with Crippen molar-refractivity contribution in [1.29, 1.82) is 0 Å². The van der Waals surface area contributed by atoms with Crippen molar-refractivity contribution in [2.24, 2.45) is 7.05 Å². The molecule has 0 unspecified atom stereocenters. The van der Waals surface area contributed by atoms with E-state index in [0.29, 0.717) is 0 Å². The van der Waals surface area contributed by atoms with Crippen molar-refractivity contribution >= 4 is 10.9 Å². The van der Waals surface area contributed by atoms with Crippen molar-refractivity contribution in [2.45, 2.75) is 6.54 Å². The Kier molecular flexibility index (Phi) is 3.59. The molecule has 0 spiro atoms. The van der Waals surface area contributed by atoms with Crippen LogP contribution in [-0.4, -0.2) is 24.8 Å². The van der Waals surface area contributed by atoms with E-state index in [1.165, 1.54) is 16.5 Å². The second kappa shape index (κ2) is 5.14. The average Bonchev–Trinajstić information content (AvgIpc) is 2.68. The van der Waals surface area contributed by atoms with Gasteiger partial charge in [0.15, 0.2) is 0 Å². The molecular weight excluding hydrogens is 200 g/mol. The lowest BCUT2D eigenvalue weighted by Crippen LogP contribution is -2.18. The zero-order chi connectivity index (χ0) is 11.4. The molecule has 2 aromatic rings. The number of rotatable bonds is 5. The van der Waals surface area contributed by atoms with Gasteiger partial charge in [-0.1, -0.05) is 12.1 Å². The molecule has 0 atom stereocenters. The lowest BCUT2D eigenvalue weighted by molar-refractivity contribution is 0.199. The monoisotopic (exact) mass is 218 g/mol. The minimum absolute atomic E-state index is 0.755. The number of ether oxygens (including phenoxy) is 1. The highest BCUT2D eigenvalue weighted by Crippen LogP contribution is 2.19. The highest BCUT2D eigenvalue weighted by molar-refractivity contribution is 5.83. The minimum atomic E-state index is 0.755. The second-order valence-electron chi connectivity index (χ2n) is 3.95. The van der Waals surface area contributed by atoms with Crippen molar-refractivity contribution in [2.75, 3.05) is 20.3 Å². The van der Waals surface area contributed by atoms with Crippen LogP contribution in [0.4, 0.5) is 0 Å². The van der Waals surface area contributed by atoms with Gasteiger partial charge in [0.05, 0.1) is 6.61 Å². The largest absolute Gasteiger partial charge is 0.383 e. The van der Waals surface area contributed by atoms with Crippen LogP contribution in [0, 0.1) is 0 Å². The Morgan fingerprint density at radius 2 is 2.19 bits per heavy atom. The molecule has 2 rings (SSSR count). The van der Waals surface area contributed by atoms with E-state index in [1.54, 1.807) is 7.11 Å². The van der Waals surface area contributed by atoms with E-state index in [2.05, 4.69) is 47.4 Å². The van der Waals surface area contributed by atoms with Crippen LogP contribution in [0.5, 0.6) is 0 Å². The Morgan fingerprint density at radius 3 is 3.00 bits per heavy atom. The van der Waals surface area contributed by atoms with Gasteiger partial charge in [-0.25, -0.2) is 0 Å². The van der Waals surface area contributed by atoms with Crippen LogP contribution < -0.4 is 5.32 Å². The molecule has 86 valence electrons. The number of hydrogen-bond donors (Lipinski definition) is 1. The van der Waals surface area contributed by atoms with Crippen molar-refractivity contribution in [3.63, 3.8) is 0 Å². The molecule has 1 aromatic carbocycles. The maximum absolute atomic E-state index is 5.00. The predicted molar refractivity (Wildman–Crippen MR) is 66.5 cm³/mol. The molecule has 1 N–H and O–H groups in total. The number of nitrogens with one attached hydrogen (secondary N) is 1. The van der Waals surface area contributed by atoms with E-state index < -0.39 is 0 Å². The summed E-state index contributed by atoms with van der Waals surface area (Å²) in [5.41, 5.74) is 2.63. The van der Waals surface area contributed by atoms with Gasteiger partial charge in [0.25, 0.3) is 0 Å². The van der Waals surface area contributed by atoms with Crippen LogP contribution in [-0.2, 0) is 18.3 Å². The smallest absolute Gasteiger partial charge is 0.0587 e. The number of methoxy groups -OCH3 is 1. The standard InChI is InChI=1S/C13H18N2O/c1-15-8-6-12-11(4-3-5-13(12)15)10-14-7-9-16-2/h3-6,8,14H,7,9-10H2,1-2H3. The normalized spacial score (nSPS) is 11.1. The lowest BCUT2D eigenvalue weighted by Gasteiger charge is -2.06. The third kappa shape index (κ3) is 2.26. The van der Waals surface area contributed by atoms with Crippen LogP contribution in [0.15, 0.2) is 30.5 Å². The fraction of sp³-hybridized carbons (Fsp3) is 0.385. The molecule has 0 saturated heterocycles. The molecule has 1 heterocycles. The Hall–Kier alpha value is -1.32. The molecule has 0 radical (unpaired) electrons. The maximum Gasteiger partial charge on any atom is 0.0587 e. The van der Waals surface area contributed by atoms with Crippen molar-refractivity contribution in [3.8, 4) is 0 Å². The lowest BCUT2D eigenvalue weighted by atomic mass is 10.1. The summed E-state index contributed by atoms with van der Waals surface area (Å²) in [7, 11) is 3.80. The van der Waals surface area contributed by atoms with Crippen LogP contribution in [0.3, 0.4) is 0 Å². The van der Waals surface area contributed by atoms with Crippen molar-refractivity contribution in [1.82, 2.24) is 9.88 Å². The van der Waals surface area contributed by atoms with E-state index in [9.17, 15) is 0 Å². The van der Waals surface area contributed by atoms with E-state index in [0.717, 1.165) is 19.7 Å². The Morgan fingerprint density at radius 1 is 1.31 bits per heavy atom. The summed E-state index contributed by atoms with van der Waals surface area (Å²) in [6, 6.07) is 8.59. The molecule has 3 heteroatoms. The summed E-state index contributed by atoms with van der Waals surface area (Å²) in [6.45, 7) is 2.54. The number of nitrogens with zero attached hydrogens (tertiary/aromatic N) is 1. The molecular formula is C13H18N2O. The Balaban J connectivity index is 2.11. The third-order valence-corrected chi connectivity index (χ3v) is 2.82. The van der Waals surface area contributed by atoms with Gasteiger partial charge >= 0.3 is 0 Å². The molecule has 0 aliphatic heterocycles. The first-order valence-corrected chi connectivity index (χ1v) is 5.55. The molecule has 16 heavy (non-hydrogen) atoms. The van der Waals surface area contributed by atoms with E-state index in [1.807, 2.05) is 0 Å². The van der Waals surface area contributed by atoms with Gasteiger partial charge in [-0.15, -0.1) is 0 Å². The van der Waals surface area contributed by atoms with Crippen LogP contribution in [0.1, 0.15) is 5.56 Å². The quantitative estimate of drug-likeness (QED) is 0.776. The van der Waals surface area contributed by atoms with Gasteiger partial charge in [-0.2, -0.15) is 0 Å². The Labute approximate surface area is 96.0 Å². The maximum atomic E-state index is 5.00. The molecule has 0 fully saturated rings. The number of fused-ring (bicyclic) bond motifs is 1. The highest BCUT2D eigenvalue weighted by Gasteiger charge is 2.02. The van der Waals surface area contributed by atoms with Gasteiger partial charge in [0.2, 0.25) is 0 Å². The highest BCUT2D eigenvalue weighted by atomic mass is 16.5. The Bertz CT molecular complexity index is 462. The second-order valence-corrected chi connectivity index (χ2v) is 3.95. The van der Waals surface area contributed by atoms with E-state index >= 15 is 0 Å². The van der Waals surface area contributed by atoms with E-state index in [4.69, 9.17) is 4.74 Å². The topological polar surface area (TPSA) is 26.2 Å². The van der Waals surface area contributed by atoms with Gasteiger partial charge in [-0.05, 0) is 17.7 Å². The summed E-state index contributed by atoms with van der Waals surface area (Å²) >= 11 is 0. The molecule has 0 aliphatic rings. The van der Waals surface area contributed by atoms with Gasteiger partial charge < -0.3 is 14.6 Å². The van der Waals surface area contributed by atoms with Crippen molar-refractivity contribution < 1.29 is 4.74 Å². The first-order valence-electron chi connectivity index (χ1n) is 5.55. The number of aryl methyl sites for hydroxylation is 1. The number of aromatic nitrogens is 1.